The Balaban J connectivity index is 2.86. The Bertz CT molecular complexity index is 393. The minimum absolute atomic E-state index is 0.0425. The number of halogens is 3. The van der Waals surface area contributed by atoms with Gasteiger partial charge in [-0.25, -0.2) is 0 Å². The Hall–Kier alpha value is -1.27. The standard InChI is InChI=1S/C12H16F3NO2/c1-2-5-18-7-11(17)9-6-8(12(13,14)15)3-4-10(9)16/h3-4,6,11,17H,2,5,7,16H2,1H3. The monoisotopic (exact) mass is 263 g/mol. The number of aliphatic hydroxyl groups is 1. The third-order valence-corrected chi connectivity index (χ3v) is 2.40. The Morgan fingerprint density at radius 3 is 2.61 bits per heavy atom. The summed E-state index contributed by atoms with van der Waals surface area (Å²) in [6, 6.07) is 2.88. The Morgan fingerprint density at radius 2 is 2.06 bits per heavy atom. The third kappa shape index (κ3) is 3.89. The first-order valence-electron chi connectivity index (χ1n) is 5.58. The predicted molar refractivity (Wildman–Crippen MR) is 61.9 cm³/mol. The Morgan fingerprint density at radius 1 is 1.39 bits per heavy atom. The van der Waals surface area contributed by atoms with Gasteiger partial charge < -0.3 is 15.6 Å². The fourth-order valence-electron chi connectivity index (χ4n) is 1.47. The van der Waals surface area contributed by atoms with Crippen molar-refractivity contribution in [2.45, 2.75) is 25.6 Å². The van der Waals surface area contributed by atoms with Gasteiger partial charge in [0, 0.05) is 17.9 Å². The molecule has 0 spiro atoms. The normalized spacial score (nSPS) is 13.6. The molecule has 1 rings (SSSR count). The molecule has 1 atom stereocenters. The molecule has 1 aromatic carbocycles. The van der Waals surface area contributed by atoms with Crippen LogP contribution in [0.25, 0.3) is 0 Å². The van der Waals surface area contributed by atoms with E-state index in [4.69, 9.17) is 10.5 Å². The van der Waals surface area contributed by atoms with Crippen LogP contribution in [0.3, 0.4) is 0 Å². The molecule has 0 saturated heterocycles. The second kappa shape index (κ2) is 6.06. The van der Waals surface area contributed by atoms with E-state index in [1.54, 1.807) is 0 Å². The first-order chi connectivity index (χ1) is 8.36. The molecule has 1 unspecified atom stereocenters. The van der Waals surface area contributed by atoms with Crippen molar-refractivity contribution in [3.05, 3.63) is 29.3 Å². The summed E-state index contributed by atoms with van der Waals surface area (Å²) in [6.45, 7) is 2.26. The molecule has 1 aromatic rings. The van der Waals surface area contributed by atoms with Gasteiger partial charge >= 0.3 is 6.18 Å². The molecule has 0 radical (unpaired) electrons. The average molecular weight is 263 g/mol. The van der Waals surface area contributed by atoms with E-state index in [-0.39, 0.29) is 17.9 Å². The van der Waals surface area contributed by atoms with Crippen molar-refractivity contribution in [3.63, 3.8) is 0 Å². The molecule has 18 heavy (non-hydrogen) atoms. The summed E-state index contributed by atoms with van der Waals surface area (Å²) in [6.07, 6.45) is -4.84. The SMILES string of the molecule is CCCOCC(O)c1cc(C(F)(F)F)ccc1N. The number of hydrogen-bond donors (Lipinski definition) is 2. The van der Waals surface area contributed by atoms with Gasteiger partial charge in [-0.1, -0.05) is 6.92 Å². The molecule has 0 fully saturated rings. The summed E-state index contributed by atoms with van der Waals surface area (Å²) >= 11 is 0. The van der Waals surface area contributed by atoms with Crippen LogP contribution in [-0.4, -0.2) is 18.3 Å². The zero-order valence-corrected chi connectivity index (χ0v) is 10.00. The van der Waals surface area contributed by atoms with Crippen LogP contribution < -0.4 is 5.73 Å². The number of alkyl halides is 3. The van der Waals surface area contributed by atoms with Gasteiger partial charge in [0.1, 0.15) is 6.10 Å². The molecule has 0 aromatic heterocycles. The summed E-state index contributed by atoms with van der Waals surface area (Å²) in [7, 11) is 0. The lowest BCUT2D eigenvalue weighted by molar-refractivity contribution is -0.137. The maximum Gasteiger partial charge on any atom is 0.416 e. The van der Waals surface area contributed by atoms with Crippen molar-refractivity contribution in [2.24, 2.45) is 0 Å². The van der Waals surface area contributed by atoms with E-state index in [2.05, 4.69) is 0 Å². The van der Waals surface area contributed by atoms with E-state index in [1.807, 2.05) is 6.92 Å². The number of hydrogen-bond acceptors (Lipinski definition) is 3. The van der Waals surface area contributed by atoms with E-state index in [1.165, 1.54) is 0 Å². The maximum absolute atomic E-state index is 12.5. The molecule has 6 heteroatoms. The van der Waals surface area contributed by atoms with E-state index < -0.39 is 17.8 Å². The Labute approximate surface area is 103 Å². The lowest BCUT2D eigenvalue weighted by Gasteiger charge is -2.16. The molecule has 0 saturated carbocycles. The molecule has 3 nitrogen and oxygen atoms in total. The smallest absolute Gasteiger partial charge is 0.398 e. The van der Waals surface area contributed by atoms with Gasteiger partial charge in [0.05, 0.1) is 12.2 Å². The molecule has 0 heterocycles. The highest BCUT2D eigenvalue weighted by atomic mass is 19.4. The number of nitrogen functional groups attached to an aromatic ring is 1. The second-order valence-corrected chi connectivity index (χ2v) is 3.93. The van der Waals surface area contributed by atoms with Gasteiger partial charge in [0.15, 0.2) is 0 Å². The average Bonchev–Trinajstić information content (AvgIpc) is 2.28. The van der Waals surface area contributed by atoms with E-state index in [0.29, 0.717) is 6.61 Å². The predicted octanol–water partition coefficient (Wildman–Crippen LogP) is 2.75. The molecule has 102 valence electrons. The zero-order chi connectivity index (χ0) is 13.8. The molecular weight excluding hydrogens is 247 g/mol. The minimum atomic E-state index is -4.45. The van der Waals surface area contributed by atoms with Crippen LogP contribution in [-0.2, 0) is 10.9 Å². The highest BCUT2D eigenvalue weighted by Gasteiger charge is 2.31. The summed E-state index contributed by atoms with van der Waals surface area (Å²) in [5, 5.41) is 9.75. The first-order valence-corrected chi connectivity index (χ1v) is 5.58. The van der Waals surface area contributed by atoms with Crippen LogP contribution >= 0.6 is 0 Å². The fraction of sp³-hybridized carbons (Fsp3) is 0.500. The highest BCUT2D eigenvalue weighted by Crippen LogP contribution is 2.33. The van der Waals surface area contributed by atoms with Crippen LogP contribution in [0.15, 0.2) is 18.2 Å². The van der Waals surface area contributed by atoms with Gasteiger partial charge in [-0.15, -0.1) is 0 Å². The summed E-state index contributed by atoms with van der Waals surface area (Å²) in [5.41, 5.74) is 4.89. The van der Waals surface area contributed by atoms with Crippen LogP contribution in [0, 0.1) is 0 Å². The molecule has 0 aliphatic rings. The quantitative estimate of drug-likeness (QED) is 0.634. The minimum Gasteiger partial charge on any atom is -0.398 e. The van der Waals surface area contributed by atoms with Crippen molar-refractivity contribution in [3.8, 4) is 0 Å². The molecule has 0 aliphatic heterocycles. The number of anilines is 1. The Kier molecular flexibility index (Phi) is 4.98. The number of rotatable bonds is 5. The summed E-state index contributed by atoms with van der Waals surface area (Å²) in [4.78, 5) is 0. The topological polar surface area (TPSA) is 55.5 Å². The van der Waals surface area contributed by atoms with Gasteiger partial charge in [0.2, 0.25) is 0 Å². The van der Waals surface area contributed by atoms with E-state index >= 15 is 0 Å². The zero-order valence-electron chi connectivity index (χ0n) is 10.00. The maximum atomic E-state index is 12.5. The molecule has 0 bridgehead atoms. The second-order valence-electron chi connectivity index (χ2n) is 3.93. The number of benzene rings is 1. The van der Waals surface area contributed by atoms with E-state index in [0.717, 1.165) is 24.6 Å². The largest absolute Gasteiger partial charge is 0.416 e. The fourth-order valence-corrected chi connectivity index (χ4v) is 1.47. The van der Waals surface area contributed by atoms with Crippen LogP contribution in [0.4, 0.5) is 18.9 Å². The summed E-state index contributed by atoms with van der Waals surface area (Å²) in [5.74, 6) is 0. The van der Waals surface area contributed by atoms with Crippen LogP contribution in [0.5, 0.6) is 0 Å². The van der Waals surface area contributed by atoms with Gasteiger partial charge in [0.25, 0.3) is 0 Å². The summed E-state index contributed by atoms with van der Waals surface area (Å²) < 4.78 is 42.6. The number of aliphatic hydroxyl groups excluding tert-OH is 1. The lowest BCUT2D eigenvalue weighted by Crippen LogP contribution is -2.12. The third-order valence-electron chi connectivity index (χ3n) is 2.40. The van der Waals surface area contributed by atoms with Gasteiger partial charge in [-0.3, -0.25) is 0 Å². The molecule has 3 N–H and O–H groups in total. The lowest BCUT2D eigenvalue weighted by atomic mass is 10.0. The highest BCUT2D eigenvalue weighted by molar-refractivity contribution is 5.50. The van der Waals surface area contributed by atoms with Crippen molar-refractivity contribution < 1.29 is 23.0 Å². The number of nitrogens with two attached hydrogens (primary N) is 1. The number of ether oxygens (including phenoxy) is 1. The molecule has 0 aliphatic carbocycles. The molecular formula is C12H16F3NO2. The van der Waals surface area contributed by atoms with Crippen molar-refractivity contribution in [2.75, 3.05) is 18.9 Å². The van der Waals surface area contributed by atoms with Crippen molar-refractivity contribution >= 4 is 5.69 Å². The van der Waals surface area contributed by atoms with E-state index in [9.17, 15) is 18.3 Å². The first kappa shape index (κ1) is 14.8. The van der Waals surface area contributed by atoms with Crippen LogP contribution in [0.1, 0.15) is 30.6 Å². The molecule has 0 amide bonds. The van der Waals surface area contributed by atoms with Gasteiger partial charge in [-0.05, 0) is 24.6 Å². The van der Waals surface area contributed by atoms with Crippen molar-refractivity contribution in [1.29, 1.82) is 0 Å². The van der Waals surface area contributed by atoms with Gasteiger partial charge in [-0.2, -0.15) is 13.2 Å². The van der Waals surface area contributed by atoms with Crippen LogP contribution in [0.2, 0.25) is 0 Å². The van der Waals surface area contributed by atoms with Crippen molar-refractivity contribution in [1.82, 2.24) is 0 Å².